The molecule has 116 valence electrons. The molecule has 5 nitrogen and oxygen atoms in total. The highest BCUT2D eigenvalue weighted by Gasteiger charge is 2.31. The van der Waals surface area contributed by atoms with Gasteiger partial charge in [0.15, 0.2) is 0 Å². The summed E-state index contributed by atoms with van der Waals surface area (Å²) in [5, 5.41) is 13.9. The van der Waals surface area contributed by atoms with Crippen LogP contribution in [0.4, 0.5) is 18.9 Å². The standard InChI is InChI=1S/C13H15F3N2O3/c1-2-5-17-7-11(19)18-10-6-8(13(14,15)16)3-4-9(10)12(20)21/h3-4,6,17H,2,5,7H2,1H3,(H,18,19)(H,20,21). The van der Waals surface area contributed by atoms with Gasteiger partial charge in [-0.3, -0.25) is 4.79 Å². The molecule has 0 aliphatic heterocycles. The molecule has 1 rings (SSSR count). The van der Waals surface area contributed by atoms with Crippen molar-refractivity contribution in [3.05, 3.63) is 29.3 Å². The monoisotopic (exact) mass is 304 g/mol. The van der Waals surface area contributed by atoms with Gasteiger partial charge in [0.05, 0.1) is 23.4 Å². The van der Waals surface area contributed by atoms with E-state index in [1.165, 1.54) is 0 Å². The smallest absolute Gasteiger partial charge is 0.416 e. The Kier molecular flexibility index (Phi) is 5.71. The summed E-state index contributed by atoms with van der Waals surface area (Å²) >= 11 is 0. The first kappa shape index (κ1) is 17.0. The van der Waals surface area contributed by atoms with Gasteiger partial charge in [0.1, 0.15) is 0 Å². The average molecular weight is 304 g/mol. The van der Waals surface area contributed by atoms with Gasteiger partial charge >= 0.3 is 12.1 Å². The first-order valence-corrected chi connectivity index (χ1v) is 6.20. The summed E-state index contributed by atoms with van der Waals surface area (Å²) in [5.41, 5.74) is -1.79. The third kappa shape index (κ3) is 5.07. The minimum atomic E-state index is -4.61. The van der Waals surface area contributed by atoms with Crippen LogP contribution in [0.15, 0.2) is 18.2 Å². The lowest BCUT2D eigenvalue weighted by atomic mass is 10.1. The topological polar surface area (TPSA) is 78.4 Å². The number of carbonyl (C=O) groups is 2. The largest absolute Gasteiger partial charge is 0.478 e. The molecule has 0 aliphatic rings. The number of rotatable bonds is 6. The third-order valence-corrected chi connectivity index (χ3v) is 2.56. The number of carbonyl (C=O) groups excluding carboxylic acids is 1. The molecule has 21 heavy (non-hydrogen) atoms. The van der Waals surface area contributed by atoms with Crippen molar-refractivity contribution in [1.82, 2.24) is 5.32 Å². The number of hydrogen-bond donors (Lipinski definition) is 3. The van der Waals surface area contributed by atoms with Crippen LogP contribution in [-0.4, -0.2) is 30.1 Å². The van der Waals surface area contributed by atoms with Crippen LogP contribution in [0.2, 0.25) is 0 Å². The Labute approximate surface area is 119 Å². The van der Waals surface area contributed by atoms with E-state index in [0.29, 0.717) is 18.7 Å². The van der Waals surface area contributed by atoms with Gasteiger partial charge in [0, 0.05) is 0 Å². The van der Waals surface area contributed by atoms with Gasteiger partial charge < -0.3 is 15.7 Å². The van der Waals surface area contributed by atoms with Crippen molar-refractivity contribution in [2.45, 2.75) is 19.5 Å². The minimum Gasteiger partial charge on any atom is -0.478 e. The lowest BCUT2D eigenvalue weighted by molar-refractivity contribution is -0.137. The van der Waals surface area contributed by atoms with Crippen LogP contribution in [0, 0.1) is 0 Å². The highest BCUT2D eigenvalue weighted by molar-refractivity contribution is 6.01. The van der Waals surface area contributed by atoms with E-state index in [9.17, 15) is 22.8 Å². The maximum absolute atomic E-state index is 12.6. The number of hydrogen-bond acceptors (Lipinski definition) is 3. The van der Waals surface area contributed by atoms with E-state index in [0.717, 1.165) is 12.5 Å². The van der Waals surface area contributed by atoms with Crippen molar-refractivity contribution in [3.63, 3.8) is 0 Å². The van der Waals surface area contributed by atoms with Gasteiger partial charge in [-0.2, -0.15) is 13.2 Å². The van der Waals surface area contributed by atoms with Crippen LogP contribution in [0.3, 0.4) is 0 Å². The fourth-order valence-corrected chi connectivity index (χ4v) is 1.58. The van der Waals surface area contributed by atoms with Crippen LogP contribution < -0.4 is 10.6 Å². The zero-order valence-corrected chi connectivity index (χ0v) is 11.3. The molecule has 0 saturated heterocycles. The van der Waals surface area contributed by atoms with Gasteiger partial charge in [-0.1, -0.05) is 6.92 Å². The van der Waals surface area contributed by atoms with Gasteiger partial charge in [-0.25, -0.2) is 4.79 Å². The first-order chi connectivity index (χ1) is 9.75. The predicted octanol–water partition coefficient (Wildman–Crippen LogP) is 2.34. The van der Waals surface area contributed by atoms with Gasteiger partial charge in [0.2, 0.25) is 5.91 Å². The second-order valence-electron chi connectivity index (χ2n) is 4.29. The number of halogens is 3. The van der Waals surface area contributed by atoms with Crippen molar-refractivity contribution in [2.75, 3.05) is 18.4 Å². The molecule has 1 aromatic carbocycles. The molecule has 0 heterocycles. The van der Waals surface area contributed by atoms with Gasteiger partial charge in [-0.05, 0) is 31.2 Å². The van der Waals surface area contributed by atoms with Crippen molar-refractivity contribution in [2.24, 2.45) is 0 Å². The van der Waals surface area contributed by atoms with Crippen LogP contribution in [0.5, 0.6) is 0 Å². The Morgan fingerprint density at radius 3 is 2.48 bits per heavy atom. The number of amides is 1. The van der Waals surface area contributed by atoms with Crippen LogP contribution in [0.1, 0.15) is 29.3 Å². The third-order valence-electron chi connectivity index (χ3n) is 2.56. The number of aromatic carboxylic acids is 1. The first-order valence-electron chi connectivity index (χ1n) is 6.20. The summed E-state index contributed by atoms with van der Waals surface area (Å²) in [7, 11) is 0. The van der Waals surface area contributed by atoms with Crippen LogP contribution >= 0.6 is 0 Å². The highest BCUT2D eigenvalue weighted by Crippen LogP contribution is 2.32. The lowest BCUT2D eigenvalue weighted by Crippen LogP contribution is -2.29. The molecule has 3 N–H and O–H groups in total. The number of anilines is 1. The van der Waals surface area contributed by atoms with Gasteiger partial charge in [0.25, 0.3) is 0 Å². The van der Waals surface area contributed by atoms with Crippen molar-refractivity contribution < 1.29 is 27.9 Å². The van der Waals surface area contributed by atoms with Gasteiger partial charge in [-0.15, -0.1) is 0 Å². The fraction of sp³-hybridized carbons (Fsp3) is 0.385. The molecule has 8 heteroatoms. The molecule has 0 unspecified atom stereocenters. The Morgan fingerprint density at radius 2 is 1.95 bits per heavy atom. The van der Waals surface area contributed by atoms with Crippen molar-refractivity contribution >= 4 is 17.6 Å². The Morgan fingerprint density at radius 1 is 1.29 bits per heavy atom. The molecule has 1 amide bonds. The summed E-state index contributed by atoms with van der Waals surface area (Å²) in [6.07, 6.45) is -3.83. The molecule has 0 aromatic heterocycles. The van der Waals surface area contributed by atoms with Crippen LogP contribution in [-0.2, 0) is 11.0 Å². The summed E-state index contributed by atoms with van der Waals surface area (Å²) in [5.74, 6) is -2.02. The van der Waals surface area contributed by atoms with E-state index in [2.05, 4.69) is 10.6 Å². The van der Waals surface area contributed by atoms with E-state index in [4.69, 9.17) is 5.11 Å². The average Bonchev–Trinajstić information content (AvgIpc) is 2.37. The highest BCUT2D eigenvalue weighted by atomic mass is 19.4. The summed E-state index contributed by atoms with van der Waals surface area (Å²) in [6, 6.07) is 2.09. The van der Waals surface area contributed by atoms with E-state index >= 15 is 0 Å². The molecule has 0 fully saturated rings. The number of carboxylic acid groups (broad SMARTS) is 1. The van der Waals surface area contributed by atoms with E-state index < -0.39 is 29.2 Å². The summed E-state index contributed by atoms with van der Waals surface area (Å²) in [4.78, 5) is 22.6. The molecule has 0 spiro atoms. The molecule has 0 radical (unpaired) electrons. The van der Waals surface area contributed by atoms with E-state index in [1.807, 2.05) is 6.92 Å². The molecule has 0 aliphatic carbocycles. The minimum absolute atomic E-state index is 0.108. The number of carboxylic acids is 1. The number of alkyl halides is 3. The molecular weight excluding hydrogens is 289 g/mol. The normalized spacial score (nSPS) is 11.2. The van der Waals surface area contributed by atoms with Crippen molar-refractivity contribution in [1.29, 1.82) is 0 Å². The molecule has 0 saturated carbocycles. The lowest BCUT2D eigenvalue weighted by Gasteiger charge is -2.12. The molecular formula is C13H15F3N2O3. The molecule has 1 aromatic rings. The molecule has 0 atom stereocenters. The Hall–Kier alpha value is -2.09. The van der Waals surface area contributed by atoms with E-state index in [1.54, 1.807) is 0 Å². The quantitative estimate of drug-likeness (QED) is 0.705. The second kappa shape index (κ2) is 7.07. The summed E-state index contributed by atoms with van der Waals surface area (Å²) < 4.78 is 37.8. The predicted molar refractivity (Wildman–Crippen MR) is 70.2 cm³/mol. The SMILES string of the molecule is CCCNCC(=O)Nc1cc(C(F)(F)F)ccc1C(=O)O. The van der Waals surface area contributed by atoms with Crippen molar-refractivity contribution in [3.8, 4) is 0 Å². The Balaban J connectivity index is 2.96. The van der Waals surface area contributed by atoms with E-state index in [-0.39, 0.29) is 12.2 Å². The zero-order valence-electron chi connectivity index (χ0n) is 11.3. The Bertz CT molecular complexity index is 530. The molecule has 0 bridgehead atoms. The second-order valence-corrected chi connectivity index (χ2v) is 4.29. The van der Waals surface area contributed by atoms with Crippen LogP contribution in [0.25, 0.3) is 0 Å². The maximum Gasteiger partial charge on any atom is 0.416 e. The number of nitrogens with one attached hydrogen (secondary N) is 2. The number of benzene rings is 1. The summed E-state index contributed by atoms with van der Waals surface area (Å²) in [6.45, 7) is 2.35. The maximum atomic E-state index is 12.6. The zero-order chi connectivity index (χ0) is 16.0. The fourth-order valence-electron chi connectivity index (χ4n) is 1.58.